The molecule has 0 amide bonds. The van der Waals surface area contributed by atoms with Gasteiger partial charge in [-0.15, -0.1) is 11.6 Å². The molecule has 0 spiro atoms. The van der Waals surface area contributed by atoms with Gasteiger partial charge in [0.1, 0.15) is 0 Å². The molecule has 0 radical (unpaired) electrons. The van der Waals surface area contributed by atoms with Gasteiger partial charge in [0.25, 0.3) is 0 Å². The van der Waals surface area contributed by atoms with Crippen LogP contribution in [0.2, 0.25) is 0 Å². The van der Waals surface area contributed by atoms with Crippen molar-refractivity contribution < 1.29 is 8.78 Å². The van der Waals surface area contributed by atoms with Crippen molar-refractivity contribution in [1.82, 2.24) is 5.32 Å². The van der Waals surface area contributed by atoms with Crippen molar-refractivity contribution in [2.45, 2.75) is 18.8 Å². The van der Waals surface area contributed by atoms with Gasteiger partial charge in [0.05, 0.1) is 0 Å². The largest absolute Gasteiger partial charge is 0.311 e. The first-order valence-electron chi connectivity index (χ1n) is 4.38. The van der Waals surface area contributed by atoms with E-state index in [0.29, 0.717) is 18.7 Å². The van der Waals surface area contributed by atoms with Gasteiger partial charge in [0.2, 0.25) is 0 Å². The van der Waals surface area contributed by atoms with Crippen molar-refractivity contribution in [2.24, 2.45) is 0 Å². The molecule has 0 bridgehead atoms. The fraction of sp³-hybridized carbons (Fsp3) is 0.400. The minimum absolute atomic E-state index is 0.0281. The summed E-state index contributed by atoms with van der Waals surface area (Å²) < 4.78 is 25.3. The molecule has 1 aromatic carbocycles. The molecule has 1 unspecified atom stereocenters. The average molecular weight is 220 g/mol. The predicted octanol–water partition coefficient (Wildman–Crippen LogP) is 2.68. The van der Waals surface area contributed by atoms with Crippen LogP contribution in [0, 0.1) is 11.6 Å². The minimum Gasteiger partial charge on any atom is -0.311 e. The second-order valence-electron chi connectivity index (χ2n) is 3.16. The number of hydrogen-bond acceptors (Lipinski definition) is 1. The maximum Gasteiger partial charge on any atom is 0.159 e. The van der Waals surface area contributed by atoms with Gasteiger partial charge in [-0.1, -0.05) is 6.07 Å². The summed E-state index contributed by atoms with van der Waals surface area (Å²) >= 11 is 5.70. The summed E-state index contributed by atoms with van der Waals surface area (Å²) in [4.78, 5) is 0. The zero-order chi connectivity index (χ0) is 10.6. The smallest absolute Gasteiger partial charge is 0.159 e. The number of nitrogens with one attached hydrogen (secondary N) is 1. The van der Waals surface area contributed by atoms with Crippen LogP contribution < -0.4 is 5.32 Å². The Morgan fingerprint density at radius 1 is 1.36 bits per heavy atom. The topological polar surface area (TPSA) is 12.0 Å². The molecule has 0 saturated carbocycles. The Hall–Kier alpha value is -0.670. The third-order valence-corrected chi connectivity index (χ3v) is 1.89. The molecule has 1 rings (SSSR count). The predicted molar refractivity (Wildman–Crippen MR) is 53.4 cm³/mol. The standard InChI is InChI=1S/C10H12ClF2N/c1-7(11)5-14-6-8-2-3-9(12)10(13)4-8/h2-4,7,14H,5-6H2,1H3. The zero-order valence-corrected chi connectivity index (χ0v) is 8.61. The Kier molecular flexibility index (Phi) is 4.29. The maximum absolute atomic E-state index is 12.7. The highest BCUT2D eigenvalue weighted by molar-refractivity contribution is 6.20. The van der Waals surface area contributed by atoms with Crippen molar-refractivity contribution in [2.75, 3.05) is 6.54 Å². The molecule has 0 aliphatic rings. The van der Waals surface area contributed by atoms with Crippen LogP contribution >= 0.6 is 11.6 Å². The quantitative estimate of drug-likeness (QED) is 0.768. The molecule has 0 heterocycles. The Morgan fingerprint density at radius 3 is 2.64 bits per heavy atom. The van der Waals surface area contributed by atoms with E-state index in [2.05, 4.69) is 5.32 Å². The molecular formula is C10H12ClF2N. The van der Waals surface area contributed by atoms with Crippen LogP contribution in [0.4, 0.5) is 8.78 Å². The zero-order valence-electron chi connectivity index (χ0n) is 7.86. The van der Waals surface area contributed by atoms with E-state index < -0.39 is 11.6 Å². The molecule has 1 nitrogen and oxygen atoms in total. The van der Waals surface area contributed by atoms with Crippen LogP contribution in [0.25, 0.3) is 0 Å². The van der Waals surface area contributed by atoms with E-state index in [1.54, 1.807) is 6.07 Å². The Bertz CT molecular complexity index is 302. The number of alkyl halides is 1. The van der Waals surface area contributed by atoms with Gasteiger partial charge in [0.15, 0.2) is 11.6 Å². The molecule has 0 aliphatic heterocycles. The molecule has 1 atom stereocenters. The molecule has 4 heteroatoms. The third-order valence-electron chi connectivity index (χ3n) is 1.74. The van der Waals surface area contributed by atoms with Gasteiger partial charge >= 0.3 is 0 Å². The van der Waals surface area contributed by atoms with E-state index in [1.807, 2.05) is 6.92 Å². The Morgan fingerprint density at radius 2 is 2.07 bits per heavy atom. The monoisotopic (exact) mass is 219 g/mol. The molecule has 1 aromatic rings. The lowest BCUT2D eigenvalue weighted by molar-refractivity contribution is 0.506. The van der Waals surface area contributed by atoms with E-state index in [1.165, 1.54) is 6.07 Å². The van der Waals surface area contributed by atoms with Gasteiger partial charge in [-0.3, -0.25) is 0 Å². The highest BCUT2D eigenvalue weighted by Gasteiger charge is 2.02. The summed E-state index contributed by atoms with van der Waals surface area (Å²) in [5.41, 5.74) is 0.709. The SMILES string of the molecule is CC(Cl)CNCc1ccc(F)c(F)c1. The second kappa shape index (κ2) is 5.27. The summed E-state index contributed by atoms with van der Waals surface area (Å²) in [6.07, 6.45) is 0. The molecule has 1 N–H and O–H groups in total. The van der Waals surface area contributed by atoms with Crippen LogP contribution in [0.15, 0.2) is 18.2 Å². The molecule has 0 saturated heterocycles. The lowest BCUT2D eigenvalue weighted by atomic mass is 10.2. The first kappa shape index (κ1) is 11.4. The number of hydrogen-bond donors (Lipinski definition) is 1. The van der Waals surface area contributed by atoms with E-state index in [-0.39, 0.29) is 5.38 Å². The maximum atomic E-state index is 12.7. The molecular weight excluding hydrogens is 208 g/mol. The second-order valence-corrected chi connectivity index (χ2v) is 3.91. The van der Waals surface area contributed by atoms with E-state index >= 15 is 0 Å². The summed E-state index contributed by atoms with van der Waals surface area (Å²) in [6, 6.07) is 3.85. The van der Waals surface area contributed by atoms with E-state index in [9.17, 15) is 8.78 Å². The highest BCUT2D eigenvalue weighted by Crippen LogP contribution is 2.08. The van der Waals surface area contributed by atoms with E-state index in [0.717, 1.165) is 6.07 Å². The molecule has 0 aromatic heterocycles. The van der Waals surface area contributed by atoms with Crippen molar-refractivity contribution in [3.63, 3.8) is 0 Å². The lowest BCUT2D eigenvalue weighted by Gasteiger charge is -2.06. The van der Waals surface area contributed by atoms with Gasteiger partial charge in [0, 0.05) is 18.5 Å². The van der Waals surface area contributed by atoms with Crippen LogP contribution in [0.1, 0.15) is 12.5 Å². The molecule has 0 fully saturated rings. The van der Waals surface area contributed by atoms with Crippen molar-refractivity contribution in [1.29, 1.82) is 0 Å². The fourth-order valence-electron chi connectivity index (χ4n) is 1.06. The summed E-state index contributed by atoms with van der Waals surface area (Å²) in [7, 11) is 0. The van der Waals surface area contributed by atoms with Crippen LogP contribution in [0.3, 0.4) is 0 Å². The van der Waals surface area contributed by atoms with Crippen LogP contribution in [0.5, 0.6) is 0 Å². The first-order chi connectivity index (χ1) is 6.59. The third kappa shape index (κ3) is 3.60. The Balaban J connectivity index is 2.47. The summed E-state index contributed by atoms with van der Waals surface area (Å²) in [5, 5.41) is 3.05. The normalized spacial score (nSPS) is 12.9. The number of halogens is 3. The lowest BCUT2D eigenvalue weighted by Crippen LogP contribution is -2.20. The molecule has 78 valence electrons. The van der Waals surface area contributed by atoms with Crippen molar-refractivity contribution in [3.05, 3.63) is 35.4 Å². The minimum atomic E-state index is -0.820. The summed E-state index contributed by atoms with van der Waals surface area (Å²) in [6.45, 7) is 2.99. The molecule has 14 heavy (non-hydrogen) atoms. The van der Waals surface area contributed by atoms with E-state index in [4.69, 9.17) is 11.6 Å². The Labute approximate surface area is 87.1 Å². The van der Waals surface area contributed by atoms with Gasteiger partial charge in [-0.2, -0.15) is 0 Å². The molecule has 0 aliphatic carbocycles. The first-order valence-corrected chi connectivity index (χ1v) is 4.82. The van der Waals surface area contributed by atoms with Gasteiger partial charge in [-0.25, -0.2) is 8.78 Å². The van der Waals surface area contributed by atoms with Crippen LogP contribution in [-0.2, 0) is 6.54 Å². The summed E-state index contributed by atoms with van der Waals surface area (Å²) in [5.74, 6) is -1.64. The van der Waals surface area contributed by atoms with Crippen LogP contribution in [-0.4, -0.2) is 11.9 Å². The van der Waals surface area contributed by atoms with Gasteiger partial charge in [-0.05, 0) is 24.6 Å². The van der Waals surface area contributed by atoms with Crippen molar-refractivity contribution >= 4 is 11.6 Å². The average Bonchev–Trinajstić information content (AvgIpc) is 2.10. The van der Waals surface area contributed by atoms with Gasteiger partial charge < -0.3 is 5.32 Å². The number of benzene rings is 1. The number of rotatable bonds is 4. The fourth-order valence-corrected chi connectivity index (χ4v) is 1.17. The highest BCUT2D eigenvalue weighted by atomic mass is 35.5. The van der Waals surface area contributed by atoms with Crippen molar-refractivity contribution in [3.8, 4) is 0 Å².